The molecular formula is C16H17N5O. The molecule has 2 N–H and O–H groups in total. The third-order valence-corrected chi connectivity index (χ3v) is 3.22. The van der Waals surface area contributed by atoms with Crippen molar-refractivity contribution in [3.8, 4) is 0 Å². The molecule has 22 heavy (non-hydrogen) atoms. The standard InChI is InChI=1S/C16H17N5O/c1-2-12-6-3-4-8-14(12)19-15-11-18-21-16(20-15)17-10-13-7-5-9-22-13/h3-9,11H,2,10H2,1H3,(H2,17,19,20,21). The van der Waals surface area contributed by atoms with Crippen LogP contribution >= 0.6 is 0 Å². The summed E-state index contributed by atoms with van der Waals surface area (Å²) in [6.07, 6.45) is 4.19. The average Bonchev–Trinajstić information content (AvgIpc) is 3.07. The van der Waals surface area contributed by atoms with Crippen molar-refractivity contribution in [2.24, 2.45) is 0 Å². The van der Waals surface area contributed by atoms with Gasteiger partial charge in [-0.15, -0.1) is 5.10 Å². The molecule has 6 nitrogen and oxygen atoms in total. The van der Waals surface area contributed by atoms with Crippen molar-refractivity contribution in [1.29, 1.82) is 0 Å². The molecule has 0 spiro atoms. The lowest BCUT2D eigenvalue weighted by atomic mass is 10.1. The molecule has 0 unspecified atom stereocenters. The van der Waals surface area contributed by atoms with E-state index in [1.54, 1.807) is 12.5 Å². The Balaban J connectivity index is 1.70. The molecule has 0 radical (unpaired) electrons. The van der Waals surface area contributed by atoms with Crippen LogP contribution in [0.4, 0.5) is 17.5 Å². The van der Waals surface area contributed by atoms with Crippen LogP contribution in [-0.4, -0.2) is 15.2 Å². The van der Waals surface area contributed by atoms with Crippen molar-refractivity contribution in [3.05, 3.63) is 60.2 Å². The van der Waals surface area contributed by atoms with Crippen LogP contribution in [0.1, 0.15) is 18.2 Å². The van der Waals surface area contributed by atoms with Crippen LogP contribution in [0, 0.1) is 0 Å². The van der Waals surface area contributed by atoms with Crippen LogP contribution < -0.4 is 10.6 Å². The molecule has 0 aliphatic heterocycles. The van der Waals surface area contributed by atoms with Gasteiger partial charge >= 0.3 is 0 Å². The molecule has 0 saturated heterocycles. The zero-order valence-electron chi connectivity index (χ0n) is 12.3. The van der Waals surface area contributed by atoms with Crippen molar-refractivity contribution in [2.75, 3.05) is 10.6 Å². The van der Waals surface area contributed by atoms with Crippen LogP contribution in [0.2, 0.25) is 0 Å². The van der Waals surface area contributed by atoms with E-state index in [1.807, 2.05) is 30.3 Å². The highest BCUT2D eigenvalue weighted by atomic mass is 16.3. The van der Waals surface area contributed by atoms with E-state index in [0.29, 0.717) is 18.3 Å². The number of nitrogens with one attached hydrogen (secondary N) is 2. The van der Waals surface area contributed by atoms with Gasteiger partial charge in [-0.05, 0) is 30.2 Å². The maximum Gasteiger partial charge on any atom is 0.245 e. The Kier molecular flexibility index (Phi) is 4.29. The van der Waals surface area contributed by atoms with E-state index in [-0.39, 0.29) is 0 Å². The van der Waals surface area contributed by atoms with Crippen molar-refractivity contribution < 1.29 is 4.42 Å². The maximum absolute atomic E-state index is 5.26. The van der Waals surface area contributed by atoms with Crippen molar-refractivity contribution in [1.82, 2.24) is 15.2 Å². The molecule has 0 amide bonds. The monoisotopic (exact) mass is 295 g/mol. The Morgan fingerprint density at radius 1 is 1.14 bits per heavy atom. The predicted octanol–water partition coefficient (Wildman–Crippen LogP) is 3.38. The first-order chi connectivity index (χ1) is 10.8. The zero-order valence-corrected chi connectivity index (χ0v) is 12.3. The normalized spacial score (nSPS) is 10.4. The van der Waals surface area contributed by atoms with Crippen LogP contribution in [0.3, 0.4) is 0 Å². The molecule has 0 aliphatic carbocycles. The summed E-state index contributed by atoms with van der Waals surface area (Å²) in [6, 6.07) is 11.9. The first-order valence-corrected chi connectivity index (χ1v) is 7.16. The maximum atomic E-state index is 5.26. The minimum Gasteiger partial charge on any atom is -0.467 e. The number of aromatic nitrogens is 3. The lowest BCUT2D eigenvalue weighted by Gasteiger charge is -2.10. The Bertz CT molecular complexity index is 727. The Morgan fingerprint density at radius 2 is 2.05 bits per heavy atom. The molecule has 3 aromatic rings. The second kappa shape index (κ2) is 6.71. The molecular weight excluding hydrogens is 278 g/mol. The van der Waals surface area contributed by atoms with E-state index in [2.05, 4.69) is 38.8 Å². The summed E-state index contributed by atoms with van der Waals surface area (Å²) in [4.78, 5) is 4.41. The predicted molar refractivity (Wildman–Crippen MR) is 85.0 cm³/mol. The van der Waals surface area contributed by atoms with Gasteiger partial charge in [0.15, 0.2) is 5.82 Å². The van der Waals surface area contributed by atoms with Gasteiger partial charge < -0.3 is 15.1 Å². The fourth-order valence-corrected chi connectivity index (χ4v) is 2.11. The Labute approximate surface area is 128 Å². The van der Waals surface area contributed by atoms with Gasteiger partial charge in [0.05, 0.1) is 19.0 Å². The second-order valence-corrected chi connectivity index (χ2v) is 4.73. The van der Waals surface area contributed by atoms with E-state index in [1.165, 1.54) is 5.56 Å². The Hall–Kier alpha value is -2.89. The molecule has 3 rings (SSSR count). The first kappa shape index (κ1) is 14.1. The topological polar surface area (TPSA) is 75.9 Å². The van der Waals surface area contributed by atoms with Crippen LogP contribution in [0.25, 0.3) is 0 Å². The highest BCUT2D eigenvalue weighted by Crippen LogP contribution is 2.19. The summed E-state index contributed by atoms with van der Waals surface area (Å²) in [6.45, 7) is 2.64. The van der Waals surface area contributed by atoms with Gasteiger partial charge in [0.1, 0.15) is 5.76 Å². The summed E-state index contributed by atoms with van der Waals surface area (Å²) >= 11 is 0. The highest BCUT2D eigenvalue weighted by molar-refractivity contribution is 5.60. The smallest absolute Gasteiger partial charge is 0.245 e. The molecule has 2 heterocycles. The van der Waals surface area contributed by atoms with Gasteiger partial charge in [0, 0.05) is 5.69 Å². The Morgan fingerprint density at radius 3 is 2.86 bits per heavy atom. The minimum absolute atomic E-state index is 0.454. The third-order valence-electron chi connectivity index (χ3n) is 3.22. The molecule has 112 valence electrons. The third kappa shape index (κ3) is 3.41. The number of aryl methyl sites for hydroxylation is 1. The second-order valence-electron chi connectivity index (χ2n) is 4.73. The van der Waals surface area contributed by atoms with Gasteiger partial charge in [0.25, 0.3) is 0 Å². The fraction of sp³-hybridized carbons (Fsp3) is 0.188. The summed E-state index contributed by atoms with van der Waals surface area (Å²) in [5.41, 5.74) is 2.26. The molecule has 2 aromatic heterocycles. The first-order valence-electron chi connectivity index (χ1n) is 7.16. The molecule has 0 aliphatic rings. The van der Waals surface area contributed by atoms with Gasteiger partial charge in [-0.1, -0.05) is 25.1 Å². The molecule has 0 atom stereocenters. The van der Waals surface area contributed by atoms with Gasteiger partial charge in [-0.25, -0.2) is 0 Å². The number of nitrogens with zero attached hydrogens (tertiary/aromatic N) is 3. The molecule has 6 heteroatoms. The van der Waals surface area contributed by atoms with Gasteiger partial charge in [0.2, 0.25) is 5.95 Å². The largest absolute Gasteiger partial charge is 0.467 e. The summed E-state index contributed by atoms with van der Waals surface area (Å²) in [5, 5.41) is 14.3. The lowest BCUT2D eigenvalue weighted by molar-refractivity contribution is 0.517. The summed E-state index contributed by atoms with van der Waals surface area (Å²) < 4.78 is 5.26. The van der Waals surface area contributed by atoms with E-state index in [9.17, 15) is 0 Å². The van der Waals surface area contributed by atoms with Crippen LogP contribution in [0.15, 0.2) is 53.3 Å². The van der Waals surface area contributed by atoms with Gasteiger partial charge in [-0.2, -0.15) is 10.1 Å². The summed E-state index contributed by atoms with van der Waals surface area (Å²) in [5.74, 6) is 1.92. The van der Waals surface area contributed by atoms with Crippen molar-refractivity contribution in [2.45, 2.75) is 19.9 Å². The van der Waals surface area contributed by atoms with Crippen molar-refractivity contribution >= 4 is 17.5 Å². The van der Waals surface area contributed by atoms with E-state index in [4.69, 9.17) is 4.42 Å². The number of benzene rings is 1. The molecule has 0 saturated carbocycles. The minimum atomic E-state index is 0.454. The van der Waals surface area contributed by atoms with E-state index >= 15 is 0 Å². The van der Waals surface area contributed by atoms with Gasteiger partial charge in [-0.3, -0.25) is 0 Å². The lowest BCUT2D eigenvalue weighted by Crippen LogP contribution is -2.06. The number of hydrogen-bond acceptors (Lipinski definition) is 6. The number of rotatable bonds is 6. The number of furan rings is 1. The number of hydrogen-bond donors (Lipinski definition) is 2. The summed E-state index contributed by atoms with van der Waals surface area (Å²) in [7, 11) is 0. The van der Waals surface area contributed by atoms with Crippen LogP contribution in [0.5, 0.6) is 0 Å². The van der Waals surface area contributed by atoms with Crippen LogP contribution in [-0.2, 0) is 13.0 Å². The molecule has 0 fully saturated rings. The SMILES string of the molecule is CCc1ccccc1Nc1cnnc(NCc2ccco2)n1. The van der Waals surface area contributed by atoms with E-state index < -0.39 is 0 Å². The fourth-order valence-electron chi connectivity index (χ4n) is 2.11. The number of para-hydroxylation sites is 1. The van der Waals surface area contributed by atoms with E-state index in [0.717, 1.165) is 17.9 Å². The zero-order chi connectivity index (χ0) is 15.2. The van der Waals surface area contributed by atoms with Crippen molar-refractivity contribution in [3.63, 3.8) is 0 Å². The average molecular weight is 295 g/mol. The molecule has 0 bridgehead atoms. The highest BCUT2D eigenvalue weighted by Gasteiger charge is 2.04. The molecule has 1 aromatic carbocycles. The quantitative estimate of drug-likeness (QED) is 0.726. The number of anilines is 3.